The minimum atomic E-state index is -1.34. The van der Waals surface area contributed by atoms with Crippen LogP contribution in [0.1, 0.15) is 68.2 Å². The summed E-state index contributed by atoms with van der Waals surface area (Å²) in [6.07, 6.45) is -5.52. The maximum atomic E-state index is 12.4. The van der Waals surface area contributed by atoms with Crippen molar-refractivity contribution in [2.24, 2.45) is 11.3 Å². The molecule has 2 aliphatic carbocycles. The SMILES string of the molecule is CC(=O)O/C1=C(\C)[C@H](OC(C)=O)C[C@H](O)/C(CO)=C/[C@H](O[C@H](C)O)[C@@H]2C[C@H](O)C(C)=C([C@H]1OC(C)=O)C2(C)C. The van der Waals surface area contributed by atoms with Crippen molar-refractivity contribution in [1.29, 1.82) is 0 Å². The van der Waals surface area contributed by atoms with Crippen molar-refractivity contribution in [3.05, 3.63) is 34.1 Å². The topological polar surface area (TPSA) is 169 Å². The molecule has 39 heavy (non-hydrogen) atoms. The van der Waals surface area contributed by atoms with Crippen LogP contribution in [0.3, 0.4) is 0 Å². The van der Waals surface area contributed by atoms with Crippen molar-refractivity contribution < 1.29 is 53.8 Å². The number of carbonyl (C=O) groups excluding carboxylic acids is 3. The Morgan fingerprint density at radius 2 is 1.56 bits per heavy atom. The number of fused-ring (bicyclic) bond motifs is 2. The van der Waals surface area contributed by atoms with Gasteiger partial charge in [0.2, 0.25) is 0 Å². The van der Waals surface area contributed by atoms with Gasteiger partial charge in [0.15, 0.2) is 18.2 Å². The summed E-state index contributed by atoms with van der Waals surface area (Å²) in [6.45, 7) is 11.3. The normalized spacial score (nSPS) is 33.6. The van der Waals surface area contributed by atoms with E-state index in [0.717, 1.165) is 0 Å². The number of hydrogen-bond donors (Lipinski definition) is 4. The lowest BCUT2D eigenvalue weighted by atomic mass is 9.60. The summed E-state index contributed by atoms with van der Waals surface area (Å²) in [5, 5.41) is 42.6. The Morgan fingerprint density at radius 1 is 0.974 bits per heavy atom. The molecule has 0 radical (unpaired) electrons. The Labute approximate surface area is 229 Å². The number of esters is 3. The fraction of sp³-hybridized carbons (Fsp3) is 0.679. The molecule has 0 aromatic heterocycles. The fourth-order valence-corrected chi connectivity index (χ4v) is 5.58. The molecule has 7 atom stereocenters. The van der Waals surface area contributed by atoms with Gasteiger partial charge in [0.25, 0.3) is 0 Å². The smallest absolute Gasteiger partial charge is 0.307 e. The number of ether oxygens (including phenoxy) is 4. The molecule has 11 nitrogen and oxygen atoms in total. The molecule has 2 rings (SSSR count). The van der Waals surface area contributed by atoms with E-state index in [9.17, 15) is 34.8 Å². The first-order valence-electron chi connectivity index (χ1n) is 13.0. The molecular formula is C28H42O11. The first-order valence-corrected chi connectivity index (χ1v) is 13.0. The predicted molar refractivity (Wildman–Crippen MR) is 139 cm³/mol. The Hall–Kier alpha value is -2.57. The van der Waals surface area contributed by atoms with Crippen LogP contribution in [0.4, 0.5) is 0 Å². The van der Waals surface area contributed by atoms with Crippen LogP contribution in [0.15, 0.2) is 34.1 Å². The highest BCUT2D eigenvalue weighted by Crippen LogP contribution is 2.51. The largest absolute Gasteiger partial charge is 0.458 e. The summed E-state index contributed by atoms with van der Waals surface area (Å²) in [7, 11) is 0. The molecule has 0 fully saturated rings. The molecule has 220 valence electrons. The van der Waals surface area contributed by atoms with E-state index in [1.54, 1.807) is 6.92 Å². The van der Waals surface area contributed by atoms with E-state index in [0.29, 0.717) is 11.1 Å². The highest BCUT2D eigenvalue weighted by molar-refractivity contribution is 5.70. The summed E-state index contributed by atoms with van der Waals surface area (Å²) in [4.78, 5) is 36.7. The molecule has 11 heteroatoms. The summed E-state index contributed by atoms with van der Waals surface area (Å²) in [6, 6.07) is 0. The second-order valence-corrected chi connectivity index (χ2v) is 10.8. The molecule has 0 aliphatic heterocycles. The van der Waals surface area contributed by atoms with Gasteiger partial charge >= 0.3 is 17.9 Å². The number of rotatable bonds is 6. The Kier molecular flexibility index (Phi) is 11.0. The van der Waals surface area contributed by atoms with Crippen molar-refractivity contribution in [3.63, 3.8) is 0 Å². The molecule has 0 amide bonds. The van der Waals surface area contributed by atoms with Gasteiger partial charge in [-0.05, 0) is 49.3 Å². The monoisotopic (exact) mass is 554 g/mol. The van der Waals surface area contributed by atoms with Crippen molar-refractivity contribution in [2.75, 3.05) is 6.61 Å². The van der Waals surface area contributed by atoms with E-state index < -0.39 is 72.7 Å². The maximum absolute atomic E-state index is 12.4. The van der Waals surface area contributed by atoms with Crippen LogP contribution in [0.2, 0.25) is 0 Å². The van der Waals surface area contributed by atoms with Crippen LogP contribution in [-0.2, 0) is 33.3 Å². The molecule has 0 aromatic carbocycles. The molecule has 0 spiro atoms. The zero-order valence-electron chi connectivity index (χ0n) is 23.9. The third-order valence-corrected chi connectivity index (χ3v) is 7.42. The van der Waals surface area contributed by atoms with Gasteiger partial charge in [-0.3, -0.25) is 14.4 Å². The van der Waals surface area contributed by atoms with Gasteiger partial charge < -0.3 is 39.4 Å². The minimum Gasteiger partial charge on any atom is -0.458 e. The fourth-order valence-electron chi connectivity index (χ4n) is 5.58. The lowest BCUT2D eigenvalue weighted by Gasteiger charge is -2.48. The van der Waals surface area contributed by atoms with Gasteiger partial charge in [-0.25, -0.2) is 0 Å². The Balaban J connectivity index is 3.04. The molecule has 2 bridgehead atoms. The summed E-state index contributed by atoms with van der Waals surface area (Å²) in [5.74, 6) is -2.78. The van der Waals surface area contributed by atoms with Gasteiger partial charge in [-0.15, -0.1) is 0 Å². The van der Waals surface area contributed by atoms with Gasteiger partial charge in [0.05, 0.1) is 24.9 Å². The summed E-state index contributed by atoms with van der Waals surface area (Å²) >= 11 is 0. The van der Waals surface area contributed by atoms with Crippen LogP contribution in [0, 0.1) is 11.3 Å². The number of aliphatic hydroxyl groups is 4. The van der Waals surface area contributed by atoms with Crippen molar-refractivity contribution in [1.82, 2.24) is 0 Å². The van der Waals surface area contributed by atoms with Gasteiger partial charge in [-0.1, -0.05) is 19.9 Å². The molecule has 0 aromatic rings. The quantitative estimate of drug-likeness (QED) is 0.163. The average molecular weight is 555 g/mol. The highest BCUT2D eigenvalue weighted by Gasteiger charge is 2.50. The van der Waals surface area contributed by atoms with Crippen LogP contribution in [0.5, 0.6) is 0 Å². The van der Waals surface area contributed by atoms with E-state index >= 15 is 0 Å². The average Bonchev–Trinajstić information content (AvgIpc) is 2.79. The molecule has 2 aliphatic rings. The van der Waals surface area contributed by atoms with Gasteiger partial charge in [0, 0.05) is 38.7 Å². The predicted octanol–water partition coefficient (Wildman–Crippen LogP) is 1.82. The number of aliphatic hydroxyl groups excluding tert-OH is 4. The molecule has 0 heterocycles. The third-order valence-electron chi connectivity index (χ3n) is 7.42. The summed E-state index contributed by atoms with van der Waals surface area (Å²) < 4.78 is 22.7. The van der Waals surface area contributed by atoms with E-state index in [4.69, 9.17) is 18.9 Å². The van der Waals surface area contributed by atoms with Gasteiger partial charge in [-0.2, -0.15) is 0 Å². The van der Waals surface area contributed by atoms with Crippen molar-refractivity contribution in [3.8, 4) is 0 Å². The van der Waals surface area contributed by atoms with E-state index in [1.807, 2.05) is 13.8 Å². The number of carbonyl (C=O) groups is 3. The lowest BCUT2D eigenvalue weighted by Crippen LogP contribution is -2.48. The van der Waals surface area contributed by atoms with Crippen LogP contribution >= 0.6 is 0 Å². The van der Waals surface area contributed by atoms with E-state index in [1.165, 1.54) is 40.7 Å². The van der Waals surface area contributed by atoms with Crippen molar-refractivity contribution in [2.45, 2.75) is 105 Å². The molecule has 4 N–H and O–H groups in total. The number of hydrogen-bond acceptors (Lipinski definition) is 11. The maximum Gasteiger partial charge on any atom is 0.307 e. The third kappa shape index (κ3) is 7.76. The molecule has 0 saturated heterocycles. The molecule has 0 saturated carbocycles. The van der Waals surface area contributed by atoms with Crippen molar-refractivity contribution >= 4 is 17.9 Å². The van der Waals surface area contributed by atoms with Crippen LogP contribution < -0.4 is 0 Å². The summed E-state index contributed by atoms with van der Waals surface area (Å²) in [5.41, 5.74) is 0.358. The Morgan fingerprint density at radius 3 is 2.05 bits per heavy atom. The first-order chi connectivity index (χ1) is 18.0. The van der Waals surface area contributed by atoms with Crippen LogP contribution in [0.25, 0.3) is 0 Å². The molecule has 0 unspecified atom stereocenters. The van der Waals surface area contributed by atoms with Crippen LogP contribution in [-0.4, -0.2) is 81.8 Å². The first kappa shape index (κ1) is 32.6. The molecular weight excluding hydrogens is 512 g/mol. The van der Waals surface area contributed by atoms with E-state index in [-0.39, 0.29) is 29.7 Å². The van der Waals surface area contributed by atoms with Gasteiger partial charge in [0.1, 0.15) is 6.10 Å². The standard InChI is InChI=1S/C28H42O11/c1-13-21(34)10-20-24(37-16(4)31)9-19(12-29)22(35)11-23(36-15(3)30)14(2)26(38-17(5)32)27(39-18(6)33)25(13)28(20,7)8/h9,16,20-24,27,29,31,34-35H,10-12H2,1-8H3/b19-9+,26-14+/t16-,20+,21+,22+,23-,24+,27-/m1/s1. The zero-order valence-corrected chi connectivity index (χ0v) is 23.9. The minimum absolute atomic E-state index is 0.116. The zero-order chi connectivity index (χ0) is 29.8. The second kappa shape index (κ2) is 13.2. The lowest BCUT2D eigenvalue weighted by molar-refractivity contribution is -0.154. The second-order valence-electron chi connectivity index (χ2n) is 10.8. The highest BCUT2D eigenvalue weighted by atomic mass is 16.6. The Bertz CT molecular complexity index is 1040. The van der Waals surface area contributed by atoms with E-state index in [2.05, 4.69) is 0 Å².